The van der Waals surface area contributed by atoms with Gasteiger partial charge in [0.15, 0.2) is 5.78 Å². The molecule has 1 fully saturated rings. The lowest BCUT2D eigenvalue weighted by Crippen LogP contribution is -2.60. The number of rotatable bonds is 7. The Labute approximate surface area is 204 Å². The molecule has 12 nitrogen and oxygen atoms in total. The van der Waals surface area contributed by atoms with Gasteiger partial charge in [-0.15, -0.1) is 0 Å². The number of esters is 1. The van der Waals surface area contributed by atoms with Crippen molar-refractivity contribution in [3.8, 4) is 17.2 Å². The Morgan fingerprint density at radius 2 is 1.75 bits per heavy atom. The molecule has 2 heterocycles. The van der Waals surface area contributed by atoms with E-state index in [9.17, 15) is 39.9 Å². The minimum atomic E-state index is -1.70. The Morgan fingerprint density at radius 1 is 1.03 bits per heavy atom. The van der Waals surface area contributed by atoms with Crippen LogP contribution in [-0.4, -0.2) is 75.5 Å². The number of phenolic OH excluding ortho intramolecular Hbond substituents is 1. The predicted octanol–water partition coefficient (Wildman–Crippen LogP) is -1.03. The summed E-state index contributed by atoms with van der Waals surface area (Å²) in [4.78, 5) is 34.3. The van der Waals surface area contributed by atoms with E-state index in [0.29, 0.717) is 11.1 Å². The number of benzene rings is 2. The number of carbonyl (C=O) groups is 3. The van der Waals surface area contributed by atoms with Crippen molar-refractivity contribution in [2.24, 2.45) is 0 Å². The zero-order valence-electron chi connectivity index (χ0n) is 18.7. The second-order valence-electron chi connectivity index (χ2n) is 8.35. The van der Waals surface area contributed by atoms with Crippen molar-refractivity contribution in [2.75, 3.05) is 6.61 Å². The van der Waals surface area contributed by atoms with Gasteiger partial charge in [-0.25, -0.2) is 0 Å². The highest BCUT2D eigenvalue weighted by atomic mass is 16.7. The van der Waals surface area contributed by atoms with Gasteiger partial charge < -0.3 is 49.3 Å². The fourth-order valence-electron chi connectivity index (χ4n) is 3.89. The Kier molecular flexibility index (Phi) is 7.40. The molecular weight excluding hydrogens is 480 g/mol. The minimum absolute atomic E-state index is 0.0312. The van der Waals surface area contributed by atoms with Gasteiger partial charge in [-0.3, -0.25) is 9.59 Å². The summed E-state index contributed by atoms with van der Waals surface area (Å²) in [5.74, 6) is -2.46. The Hall–Kier alpha value is -3.71. The molecule has 2 aromatic rings. The lowest BCUT2D eigenvalue weighted by molar-refractivity contribution is -0.305. The summed E-state index contributed by atoms with van der Waals surface area (Å²) in [5, 5.41) is 50.6. The third-order valence-corrected chi connectivity index (χ3v) is 5.78. The summed E-state index contributed by atoms with van der Waals surface area (Å²) >= 11 is 0. The molecule has 0 aliphatic carbocycles. The maximum Gasteiger partial charge on any atom is 0.311 e. The molecule has 0 bridgehead atoms. The number of ether oxygens (including phenoxy) is 4. The second kappa shape index (κ2) is 10.5. The molecule has 0 saturated carbocycles. The van der Waals surface area contributed by atoms with E-state index in [0.717, 1.165) is 0 Å². The van der Waals surface area contributed by atoms with E-state index in [1.807, 2.05) is 0 Å². The summed E-state index contributed by atoms with van der Waals surface area (Å²) in [7, 11) is 0. The fraction of sp³-hybridized carbons (Fsp3) is 0.375. The van der Waals surface area contributed by atoms with Crippen molar-refractivity contribution < 1.29 is 58.9 Å². The first-order valence-corrected chi connectivity index (χ1v) is 11.0. The number of carboxylic acid groups (broad SMARTS) is 1. The van der Waals surface area contributed by atoms with Crippen molar-refractivity contribution in [3.05, 3.63) is 53.6 Å². The number of fused-ring (bicyclic) bond motifs is 1. The van der Waals surface area contributed by atoms with Crippen LogP contribution in [0.4, 0.5) is 0 Å². The van der Waals surface area contributed by atoms with E-state index in [-0.39, 0.29) is 29.5 Å². The van der Waals surface area contributed by atoms with Crippen LogP contribution in [0.5, 0.6) is 17.2 Å². The molecule has 4 rings (SSSR count). The first kappa shape index (κ1) is 25.4. The topological polar surface area (TPSA) is 192 Å². The van der Waals surface area contributed by atoms with E-state index >= 15 is 0 Å². The quantitative estimate of drug-likeness (QED) is 0.266. The van der Waals surface area contributed by atoms with Crippen molar-refractivity contribution in [3.63, 3.8) is 0 Å². The third kappa shape index (κ3) is 5.57. The summed E-state index contributed by atoms with van der Waals surface area (Å²) in [6, 6.07) is 10.6. The molecule has 12 heteroatoms. The zero-order valence-corrected chi connectivity index (χ0v) is 18.7. The normalized spacial score (nSPS) is 27.5. The molecule has 1 saturated heterocycles. The Balaban J connectivity index is 1.40. The smallest absolute Gasteiger partial charge is 0.311 e. The van der Waals surface area contributed by atoms with Crippen molar-refractivity contribution >= 4 is 17.7 Å². The minimum Gasteiger partial charge on any atom is -0.550 e. The number of aliphatic hydroxyl groups is 3. The highest BCUT2D eigenvalue weighted by molar-refractivity contribution is 6.00. The second-order valence-corrected chi connectivity index (χ2v) is 8.35. The van der Waals surface area contributed by atoms with Crippen LogP contribution in [-0.2, 0) is 19.1 Å². The van der Waals surface area contributed by atoms with E-state index in [1.165, 1.54) is 30.3 Å². The van der Waals surface area contributed by atoms with Gasteiger partial charge in [-0.05, 0) is 29.8 Å². The van der Waals surface area contributed by atoms with Crippen LogP contribution >= 0.6 is 0 Å². The highest BCUT2D eigenvalue weighted by Gasteiger charge is 2.45. The van der Waals surface area contributed by atoms with Crippen LogP contribution in [0.25, 0.3) is 0 Å². The molecule has 0 aromatic heterocycles. The number of ketones is 1. The first-order chi connectivity index (χ1) is 17.1. The van der Waals surface area contributed by atoms with Gasteiger partial charge in [-0.2, -0.15) is 0 Å². The number of aliphatic hydroxyl groups excluding tert-OH is 3. The molecular formula is C24H23O12-. The largest absolute Gasteiger partial charge is 0.550 e. The number of aromatic hydroxyl groups is 1. The van der Waals surface area contributed by atoms with Crippen LogP contribution in [0.2, 0.25) is 0 Å². The SMILES string of the molecule is O=C([O-])CC(=O)OC[C@H]1O[C@@H](Oc2ccc([C@@H]3CC(=O)c4ccc(O)cc4O3)cc2)[C@H](O)[C@@H](O)[C@@H]1O. The van der Waals surface area contributed by atoms with Gasteiger partial charge in [0, 0.05) is 6.07 Å². The average molecular weight is 503 g/mol. The summed E-state index contributed by atoms with van der Waals surface area (Å²) in [6.45, 7) is -0.597. The molecule has 0 radical (unpaired) electrons. The predicted molar refractivity (Wildman–Crippen MR) is 115 cm³/mol. The van der Waals surface area contributed by atoms with Gasteiger partial charge in [0.05, 0.1) is 24.4 Å². The molecule has 0 unspecified atom stereocenters. The van der Waals surface area contributed by atoms with Gasteiger partial charge >= 0.3 is 5.97 Å². The van der Waals surface area contributed by atoms with Crippen LogP contribution in [0.15, 0.2) is 42.5 Å². The Bertz CT molecular complexity index is 1130. The van der Waals surface area contributed by atoms with Crippen LogP contribution in [0.1, 0.15) is 34.9 Å². The van der Waals surface area contributed by atoms with Gasteiger partial charge in [-0.1, -0.05) is 12.1 Å². The molecule has 4 N–H and O–H groups in total. The lowest BCUT2D eigenvalue weighted by atomic mass is 9.96. The maximum atomic E-state index is 12.4. The summed E-state index contributed by atoms with van der Waals surface area (Å²) < 4.78 is 21.6. The molecule has 2 aliphatic heterocycles. The molecule has 2 aromatic carbocycles. The van der Waals surface area contributed by atoms with Crippen molar-refractivity contribution in [1.82, 2.24) is 0 Å². The first-order valence-electron chi connectivity index (χ1n) is 11.0. The van der Waals surface area contributed by atoms with Crippen LogP contribution in [0, 0.1) is 0 Å². The van der Waals surface area contributed by atoms with E-state index in [4.69, 9.17) is 18.9 Å². The number of Topliss-reactive ketones (excluding diaryl/α,β-unsaturated/α-hetero) is 1. The van der Waals surface area contributed by atoms with Gasteiger partial charge in [0.2, 0.25) is 6.29 Å². The average Bonchev–Trinajstić information content (AvgIpc) is 2.83. The third-order valence-electron chi connectivity index (χ3n) is 5.78. The fourth-order valence-corrected chi connectivity index (χ4v) is 3.89. The number of carboxylic acids is 1. The van der Waals surface area contributed by atoms with Gasteiger partial charge in [0.25, 0.3) is 0 Å². The van der Waals surface area contributed by atoms with Crippen LogP contribution < -0.4 is 14.6 Å². The monoisotopic (exact) mass is 503 g/mol. The molecule has 6 atom stereocenters. The summed E-state index contributed by atoms with van der Waals surface area (Å²) in [6.07, 6.45) is -9.27. The zero-order chi connectivity index (χ0) is 26.0. The molecule has 2 aliphatic rings. The number of hydrogen-bond acceptors (Lipinski definition) is 12. The molecule has 0 spiro atoms. The van der Waals surface area contributed by atoms with Crippen LogP contribution in [0.3, 0.4) is 0 Å². The number of phenols is 1. The van der Waals surface area contributed by atoms with Crippen molar-refractivity contribution in [2.45, 2.75) is 49.7 Å². The Morgan fingerprint density at radius 3 is 2.44 bits per heavy atom. The lowest BCUT2D eigenvalue weighted by Gasteiger charge is -2.39. The van der Waals surface area contributed by atoms with E-state index < -0.39 is 61.8 Å². The standard InChI is InChI=1S/C24H24O12/c25-12-3-6-14-15(26)8-16(35-17(14)7-12)11-1-4-13(5-2-11)34-24-23(32)22(31)21(30)18(36-24)10-33-20(29)9-19(27)28/h1-7,16,18,21-25,30-32H,8-10H2,(H,27,28)/p-1/t16-,18+,21+,22-,23+,24+/m0/s1. The van der Waals surface area contributed by atoms with Gasteiger partial charge in [0.1, 0.15) is 54.4 Å². The number of aliphatic carboxylic acids is 1. The molecule has 0 amide bonds. The number of carbonyl (C=O) groups excluding carboxylic acids is 3. The van der Waals surface area contributed by atoms with Crippen molar-refractivity contribution in [1.29, 1.82) is 0 Å². The molecule has 192 valence electrons. The van der Waals surface area contributed by atoms with E-state index in [2.05, 4.69) is 0 Å². The molecule has 36 heavy (non-hydrogen) atoms. The summed E-state index contributed by atoms with van der Waals surface area (Å²) in [5.41, 5.74) is 1.02. The van der Waals surface area contributed by atoms with E-state index in [1.54, 1.807) is 12.1 Å². The maximum absolute atomic E-state index is 12.4. The number of hydrogen-bond donors (Lipinski definition) is 4. The highest BCUT2D eigenvalue weighted by Crippen LogP contribution is 2.37.